The van der Waals surface area contributed by atoms with E-state index in [4.69, 9.17) is 0 Å². The molecular weight excluding hydrogens is 245 g/mol. The second-order valence-corrected chi connectivity index (χ2v) is 3.61. The lowest BCUT2D eigenvalue weighted by atomic mass is 10.0. The topological polar surface area (TPSA) is 37.3 Å². The smallest absolute Gasteiger partial charge is 0.199 e. The highest BCUT2D eigenvalue weighted by molar-refractivity contribution is 6.10. The normalized spacial score (nSPS) is 10.4. The van der Waals surface area contributed by atoms with Gasteiger partial charge in [-0.25, -0.2) is 13.2 Å². The van der Waals surface area contributed by atoms with Gasteiger partial charge in [-0.3, -0.25) is 4.79 Å². The van der Waals surface area contributed by atoms with Crippen molar-refractivity contribution in [2.24, 2.45) is 0 Å². The van der Waals surface area contributed by atoms with Crippen molar-refractivity contribution < 1.29 is 23.1 Å². The molecule has 2 nitrogen and oxygen atoms in total. The van der Waals surface area contributed by atoms with E-state index < -0.39 is 34.5 Å². The molecule has 0 spiro atoms. The lowest BCUT2D eigenvalue weighted by Gasteiger charge is -2.05. The molecule has 18 heavy (non-hydrogen) atoms. The van der Waals surface area contributed by atoms with Crippen molar-refractivity contribution in [2.45, 2.75) is 0 Å². The largest absolute Gasteiger partial charge is 0.507 e. The minimum Gasteiger partial charge on any atom is -0.507 e. The second-order valence-electron chi connectivity index (χ2n) is 3.61. The maximum absolute atomic E-state index is 13.4. The van der Waals surface area contributed by atoms with Gasteiger partial charge in [-0.15, -0.1) is 0 Å². The van der Waals surface area contributed by atoms with Crippen molar-refractivity contribution in [1.82, 2.24) is 0 Å². The second kappa shape index (κ2) is 4.52. The van der Waals surface area contributed by atoms with E-state index >= 15 is 0 Å². The molecule has 2 aromatic carbocycles. The summed E-state index contributed by atoms with van der Waals surface area (Å²) in [5.74, 6) is -4.01. The van der Waals surface area contributed by atoms with Crippen LogP contribution in [0.4, 0.5) is 13.2 Å². The molecule has 0 radical (unpaired) electrons. The van der Waals surface area contributed by atoms with Crippen LogP contribution in [-0.4, -0.2) is 10.9 Å². The van der Waals surface area contributed by atoms with Gasteiger partial charge in [0.05, 0.1) is 11.1 Å². The Labute approximate surface area is 100 Å². The van der Waals surface area contributed by atoms with Gasteiger partial charge in [0, 0.05) is 6.07 Å². The predicted molar refractivity (Wildman–Crippen MR) is 57.9 cm³/mol. The molecule has 0 aliphatic carbocycles. The number of phenolic OH excluding ortho intramolecular Hbond substituents is 1. The number of carbonyl (C=O) groups is 1. The van der Waals surface area contributed by atoms with Crippen LogP contribution in [0.5, 0.6) is 5.75 Å². The van der Waals surface area contributed by atoms with E-state index in [1.165, 1.54) is 0 Å². The summed E-state index contributed by atoms with van der Waals surface area (Å²) >= 11 is 0. The van der Waals surface area contributed by atoms with Gasteiger partial charge in [-0.05, 0) is 30.3 Å². The molecule has 2 aromatic rings. The van der Waals surface area contributed by atoms with E-state index in [1.54, 1.807) is 0 Å². The summed E-state index contributed by atoms with van der Waals surface area (Å²) in [6.07, 6.45) is 0. The van der Waals surface area contributed by atoms with Gasteiger partial charge in [-0.1, -0.05) is 0 Å². The molecule has 0 saturated heterocycles. The van der Waals surface area contributed by atoms with Gasteiger partial charge in [0.2, 0.25) is 0 Å². The number of halogens is 3. The summed E-state index contributed by atoms with van der Waals surface area (Å²) in [7, 11) is 0. The Bertz CT molecular complexity index is 624. The fourth-order valence-corrected chi connectivity index (χ4v) is 1.51. The third-order valence-electron chi connectivity index (χ3n) is 2.38. The molecule has 0 aliphatic heterocycles. The summed E-state index contributed by atoms with van der Waals surface area (Å²) < 4.78 is 39.0. The molecule has 0 aromatic heterocycles. The molecule has 0 unspecified atom stereocenters. The highest BCUT2D eigenvalue weighted by Gasteiger charge is 2.18. The molecule has 0 atom stereocenters. The molecule has 92 valence electrons. The van der Waals surface area contributed by atoms with Gasteiger partial charge < -0.3 is 5.11 Å². The van der Waals surface area contributed by atoms with Crippen molar-refractivity contribution in [3.05, 3.63) is 65.0 Å². The lowest BCUT2D eigenvalue weighted by Crippen LogP contribution is -2.05. The summed E-state index contributed by atoms with van der Waals surface area (Å²) in [5, 5.41) is 9.43. The average molecular weight is 252 g/mol. The van der Waals surface area contributed by atoms with Crippen LogP contribution in [0.15, 0.2) is 36.4 Å². The van der Waals surface area contributed by atoms with Crippen LogP contribution in [0, 0.1) is 17.5 Å². The molecule has 0 saturated carbocycles. The zero-order chi connectivity index (χ0) is 13.3. The fourth-order valence-electron chi connectivity index (χ4n) is 1.51. The Balaban J connectivity index is 2.51. The summed E-state index contributed by atoms with van der Waals surface area (Å²) in [6.45, 7) is 0. The van der Waals surface area contributed by atoms with Crippen LogP contribution in [-0.2, 0) is 0 Å². The zero-order valence-electron chi connectivity index (χ0n) is 8.95. The number of ketones is 1. The first-order valence-corrected chi connectivity index (χ1v) is 4.97. The van der Waals surface area contributed by atoms with Gasteiger partial charge in [-0.2, -0.15) is 0 Å². The number of aromatic hydroxyl groups is 1. The van der Waals surface area contributed by atoms with E-state index in [0.717, 1.165) is 30.3 Å². The maximum Gasteiger partial charge on any atom is 0.199 e. The Kier molecular flexibility index (Phi) is 3.06. The summed E-state index contributed by atoms with van der Waals surface area (Å²) in [6, 6.07) is 5.14. The highest BCUT2D eigenvalue weighted by Crippen LogP contribution is 2.23. The molecule has 1 N–H and O–H groups in total. The SMILES string of the molecule is O=C(c1cc(F)ccc1O)c1ccc(F)cc1F. The Morgan fingerprint density at radius 1 is 0.889 bits per heavy atom. The number of hydrogen-bond donors (Lipinski definition) is 1. The lowest BCUT2D eigenvalue weighted by molar-refractivity contribution is 0.103. The highest BCUT2D eigenvalue weighted by atomic mass is 19.1. The summed E-state index contributed by atoms with van der Waals surface area (Å²) in [4.78, 5) is 11.9. The molecule has 0 fully saturated rings. The van der Waals surface area contributed by atoms with Gasteiger partial charge in [0.15, 0.2) is 5.78 Å². The molecule has 0 bridgehead atoms. The fraction of sp³-hybridized carbons (Fsp3) is 0. The number of benzene rings is 2. The third kappa shape index (κ3) is 2.20. The van der Waals surface area contributed by atoms with E-state index in [-0.39, 0.29) is 5.56 Å². The van der Waals surface area contributed by atoms with E-state index in [2.05, 4.69) is 0 Å². The predicted octanol–water partition coefficient (Wildman–Crippen LogP) is 3.04. The molecule has 2 rings (SSSR count). The number of phenols is 1. The molecule has 5 heteroatoms. The van der Waals surface area contributed by atoms with Crippen molar-refractivity contribution >= 4 is 5.78 Å². The first kappa shape index (κ1) is 12.2. The maximum atomic E-state index is 13.4. The van der Waals surface area contributed by atoms with Crippen LogP contribution >= 0.6 is 0 Å². The van der Waals surface area contributed by atoms with E-state index in [9.17, 15) is 23.1 Å². The quantitative estimate of drug-likeness (QED) is 0.834. The van der Waals surface area contributed by atoms with Crippen LogP contribution < -0.4 is 0 Å². The van der Waals surface area contributed by atoms with Crippen LogP contribution in [0.3, 0.4) is 0 Å². The average Bonchev–Trinajstić information content (AvgIpc) is 2.31. The zero-order valence-corrected chi connectivity index (χ0v) is 8.95. The molecule has 0 amide bonds. The number of hydrogen-bond acceptors (Lipinski definition) is 2. The summed E-state index contributed by atoms with van der Waals surface area (Å²) in [5.41, 5.74) is -0.808. The molecular formula is C13H7F3O2. The first-order valence-electron chi connectivity index (χ1n) is 4.97. The Hall–Kier alpha value is -2.30. The van der Waals surface area contributed by atoms with Gasteiger partial charge >= 0.3 is 0 Å². The van der Waals surface area contributed by atoms with E-state index in [1.807, 2.05) is 0 Å². The van der Waals surface area contributed by atoms with Crippen molar-refractivity contribution in [3.8, 4) is 5.75 Å². The van der Waals surface area contributed by atoms with E-state index in [0.29, 0.717) is 6.07 Å². The monoisotopic (exact) mass is 252 g/mol. The number of rotatable bonds is 2. The van der Waals surface area contributed by atoms with Crippen molar-refractivity contribution in [1.29, 1.82) is 0 Å². The standard InChI is InChI=1S/C13H7F3O2/c14-7-2-4-12(17)10(5-7)13(18)9-3-1-8(15)6-11(9)16/h1-6,17H. The van der Waals surface area contributed by atoms with Gasteiger partial charge in [0.25, 0.3) is 0 Å². The molecule has 0 aliphatic rings. The minimum absolute atomic E-state index is 0.375. The third-order valence-corrected chi connectivity index (χ3v) is 2.38. The van der Waals surface area contributed by atoms with Crippen LogP contribution in [0.25, 0.3) is 0 Å². The Morgan fingerprint density at radius 2 is 1.50 bits per heavy atom. The van der Waals surface area contributed by atoms with Crippen molar-refractivity contribution in [2.75, 3.05) is 0 Å². The first-order chi connectivity index (χ1) is 8.49. The van der Waals surface area contributed by atoms with Crippen LogP contribution in [0.2, 0.25) is 0 Å². The minimum atomic E-state index is -1.07. The van der Waals surface area contributed by atoms with Gasteiger partial charge in [0.1, 0.15) is 23.2 Å². The van der Waals surface area contributed by atoms with Crippen molar-refractivity contribution in [3.63, 3.8) is 0 Å². The molecule has 0 heterocycles. The van der Waals surface area contributed by atoms with Crippen LogP contribution in [0.1, 0.15) is 15.9 Å². The number of carbonyl (C=O) groups excluding carboxylic acids is 1. The Morgan fingerprint density at radius 3 is 2.17 bits per heavy atom.